The third-order valence-electron chi connectivity index (χ3n) is 6.85. The van der Waals surface area contributed by atoms with Gasteiger partial charge in [-0.15, -0.1) is 10.2 Å². The van der Waals surface area contributed by atoms with E-state index in [1.165, 1.54) is 12.5 Å². The smallest absolute Gasteiger partial charge is 0.221 e. The van der Waals surface area contributed by atoms with Gasteiger partial charge in [0.25, 0.3) is 0 Å². The lowest BCUT2D eigenvalue weighted by molar-refractivity contribution is -0.114. The Hall–Kier alpha value is -3.53. The molecule has 3 heterocycles. The Morgan fingerprint density at radius 2 is 1.78 bits per heavy atom. The number of fused-ring (bicyclic) bond motifs is 1. The average molecular weight is 488 g/mol. The van der Waals surface area contributed by atoms with Crippen LogP contribution in [0.15, 0.2) is 61.3 Å². The zero-order valence-electron chi connectivity index (χ0n) is 20.6. The number of piperazine rings is 1. The largest absolute Gasteiger partial charge is 0.391 e. The van der Waals surface area contributed by atoms with Gasteiger partial charge in [0.15, 0.2) is 0 Å². The van der Waals surface area contributed by atoms with Crippen molar-refractivity contribution in [1.82, 2.24) is 29.5 Å². The van der Waals surface area contributed by atoms with Crippen molar-refractivity contribution in [3.63, 3.8) is 0 Å². The highest BCUT2D eigenvalue weighted by Crippen LogP contribution is 2.23. The van der Waals surface area contributed by atoms with E-state index >= 15 is 0 Å². The topological polar surface area (TPSA) is 102 Å². The molecule has 0 aliphatic carbocycles. The summed E-state index contributed by atoms with van der Waals surface area (Å²) in [5, 5.41) is 22.6. The molecule has 1 aliphatic rings. The van der Waals surface area contributed by atoms with Gasteiger partial charge in [0.2, 0.25) is 5.91 Å². The summed E-state index contributed by atoms with van der Waals surface area (Å²) in [4.78, 5) is 19.3. The van der Waals surface area contributed by atoms with Crippen LogP contribution >= 0.6 is 0 Å². The molecule has 9 heteroatoms. The normalized spacial score (nSPS) is 15.8. The van der Waals surface area contributed by atoms with Crippen molar-refractivity contribution >= 4 is 22.5 Å². The zero-order chi connectivity index (χ0) is 24.9. The number of hydrogen-bond donors (Lipinski definition) is 3. The molecule has 36 heavy (non-hydrogen) atoms. The lowest BCUT2D eigenvalue weighted by Gasteiger charge is -2.35. The summed E-state index contributed by atoms with van der Waals surface area (Å²) in [6, 6.07) is 14.3. The summed E-state index contributed by atoms with van der Waals surface area (Å²) in [5.41, 5.74) is 5.29. The van der Waals surface area contributed by atoms with E-state index in [1.807, 2.05) is 29.0 Å². The Labute approximate surface area is 210 Å². The van der Waals surface area contributed by atoms with Crippen LogP contribution in [-0.2, 0) is 17.6 Å². The maximum absolute atomic E-state index is 11.2. The minimum absolute atomic E-state index is 0.0512. The molecule has 0 radical (unpaired) electrons. The second-order valence-corrected chi connectivity index (χ2v) is 9.54. The number of hydrogen-bond acceptors (Lipinski definition) is 6. The van der Waals surface area contributed by atoms with Crippen LogP contribution < -0.4 is 5.32 Å². The summed E-state index contributed by atoms with van der Waals surface area (Å²) >= 11 is 0. The van der Waals surface area contributed by atoms with Gasteiger partial charge in [-0.1, -0.05) is 12.1 Å². The summed E-state index contributed by atoms with van der Waals surface area (Å²) < 4.78 is 1.88. The molecule has 0 unspecified atom stereocenters. The van der Waals surface area contributed by atoms with Crippen LogP contribution in [0.5, 0.6) is 0 Å². The quantitative estimate of drug-likeness (QED) is 0.335. The van der Waals surface area contributed by atoms with Crippen LogP contribution in [0, 0.1) is 0 Å². The third kappa shape index (κ3) is 5.99. The number of nitrogens with zero attached hydrogens (tertiary/aromatic N) is 5. The predicted molar refractivity (Wildman–Crippen MR) is 140 cm³/mol. The first-order chi connectivity index (χ1) is 17.5. The SMILES string of the molecule is CC(=O)Nc1ccc(CCN2CCN(C[C@@H](O)Cc3c[nH]c4ccc(-n5cnnc5)cc34)CC2)cc1. The van der Waals surface area contributed by atoms with Gasteiger partial charge in [-0.05, 0) is 47.9 Å². The fraction of sp³-hybridized carbons (Fsp3) is 0.370. The summed E-state index contributed by atoms with van der Waals surface area (Å²) in [6.45, 7) is 7.15. The van der Waals surface area contributed by atoms with E-state index in [0.717, 1.165) is 67.0 Å². The molecule has 1 aliphatic heterocycles. The molecule has 1 amide bonds. The number of aliphatic hydroxyl groups excluding tert-OH is 1. The number of benzene rings is 2. The van der Waals surface area contributed by atoms with Crippen molar-refractivity contribution in [3.8, 4) is 5.69 Å². The van der Waals surface area contributed by atoms with Gasteiger partial charge >= 0.3 is 0 Å². The van der Waals surface area contributed by atoms with E-state index in [-0.39, 0.29) is 5.91 Å². The highest BCUT2D eigenvalue weighted by Gasteiger charge is 2.20. The Balaban J connectivity index is 1.08. The Bertz CT molecular complexity index is 1280. The van der Waals surface area contributed by atoms with Gasteiger partial charge in [0.1, 0.15) is 12.7 Å². The van der Waals surface area contributed by atoms with Crippen molar-refractivity contribution < 1.29 is 9.90 Å². The van der Waals surface area contributed by atoms with E-state index in [1.54, 1.807) is 12.7 Å². The molecule has 3 N–H and O–H groups in total. The number of amides is 1. The molecule has 1 saturated heterocycles. The van der Waals surface area contributed by atoms with Crippen molar-refractivity contribution in [2.75, 3.05) is 44.6 Å². The Kier molecular flexibility index (Phi) is 7.41. The highest BCUT2D eigenvalue weighted by molar-refractivity contribution is 5.88. The number of rotatable bonds is 9. The summed E-state index contributed by atoms with van der Waals surface area (Å²) in [6.07, 6.45) is 6.56. The van der Waals surface area contributed by atoms with Crippen LogP contribution in [0.3, 0.4) is 0 Å². The van der Waals surface area contributed by atoms with Crippen LogP contribution in [0.1, 0.15) is 18.1 Å². The second-order valence-electron chi connectivity index (χ2n) is 9.54. The molecule has 1 atom stereocenters. The van der Waals surface area contributed by atoms with Crippen molar-refractivity contribution in [3.05, 3.63) is 72.4 Å². The van der Waals surface area contributed by atoms with Gasteiger partial charge in [0.05, 0.1) is 6.10 Å². The zero-order valence-corrected chi connectivity index (χ0v) is 20.6. The number of aromatic amines is 1. The minimum Gasteiger partial charge on any atom is -0.391 e. The van der Waals surface area contributed by atoms with Crippen LogP contribution in [-0.4, -0.2) is 85.9 Å². The fourth-order valence-corrected chi connectivity index (χ4v) is 4.89. The summed E-state index contributed by atoms with van der Waals surface area (Å²) in [5.74, 6) is -0.0512. The first-order valence-electron chi connectivity index (χ1n) is 12.5. The minimum atomic E-state index is -0.420. The Morgan fingerprint density at radius 3 is 2.50 bits per heavy atom. The standard InChI is InChI=1S/C27H33N7O2/c1-20(35)31-23-4-2-21(3-5-23)8-9-32-10-12-33(13-11-32)17-25(36)14-22-16-28-27-7-6-24(15-26(22)27)34-18-29-30-19-34/h2-7,15-16,18-19,25,28,36H,8-14,17H2,1H3,(H,31,35)/t25-/m0/s1. The molecule has 0 bridgehead atoms. The van der Waals surface area contributed by atoms with Gasteiger partial charge < -0.3 is 20.3 Å². The van der Waals surface area contributed by atoms with Gasteiger partial charge in [-0.25, -0.2) is 0 Å². The van der Waals surface area contributed by atoms with Crippen molar-refractivity contribution in [1.29, 1.82) is 0 Å². The molecule has 2 aromatic heterocycles. The molecule has 9 nitrogen and oxygen atoms in total. The molecule has 4 aromatic rings. The molecule has 5 rings (SSSR count). The number of H-pyrrole nitrogens is 1. The number of aromatic nitrogens is 4. The monoisotopic (exact) mass is 487 g/mol. The number of carbonyl (C=O) groups excluding carboxylic acids is 1. The number of carbonyl (C=O) groups is 1. The molecule has 2 aromatic carbocycles. The summed E-state index contributed by atoms with van der Waals surface area (Å²) in [7, 11) is 0. The van der Waals surface area contributed by atoms with E-state index in [0.29, 0.717) is 13.0 Å². The number of β-amino-alcohol motifs (C(OH)–C–C–N with tert-alkyl or cyclic N) is 1. The van der Waals surface area contributed by atoms with Crippen LogP contribution in [0.2, 0.25) is 0 Å². The lowest BCUT2D eigenvalue weighted by Crippen LogP contribution is -2.49. The van der Waals surface area contributed by atoms with Crippen molar-refractivity contribution in [2.24, 2.45) is 0 Å². The lowest BCUT2D eigenvalue weighted by atomic mass is 10.1. The van der Waals surface area contributed by atoms with E-state index in [9.17, 15) is 9.90 Å². The maximum Gasteiger partial charge on any atom is 0.221 e. The molecule has 0 saturated carbocycles. The molecular weight excluding hydrogens is 454 g/mol. The predicted octanol–water partition coefficient (Wildman–Crippen LogP) is 2.47. The van der Waals surface area contributed by atoms with Gasteiger partial charge in [0, 0.05) is 81.1 Å². The van der Waals surface area contributed by atoms with Gasteiger partial charge in [-0.3, -0.25) is 14.3 Å². The van der Waals surface area contributed by atoms with Crippen molar-refractivity contribution in [2.45, 2.75) is 25.9 Å². The van der Waals surface area contributed by atoms with Crippen LogP contribution in [0.25, 0.3) is 16.6 Å². The second kappa shape index (κ2) is 11.0. The number of aliphatic hydroxyl groups is 1. The molecular formula is C27H33N7O2. The fourth-order valence-electron chi connectivity index (χ4n) is 4.89. The van der Waals surface area contributed by atoms with E-state index < -0.39 is 6.10 Å². The van der Waals surface area contributed by atoms with E-state index in [4.69, 9.17) is 0 Å². The van der Waals surface area contributed by atoms with Crippen LogP contribution in [0.4, 0.5) is 5.69 Å². The molecule has 0 spiro atoms. The van der Waals surface area contributed by atoms with Gasteiger partial charge in [-0.2, -0.15) is 0 Å². The number of anilines is 1. The first kappa shape index (κ1) is 24.2. The highest BCUT2D eigenvalue weighted by atomic mass is 16.3. The maximum atomic E-state index is 11.2. The first-order valence-corrected chi connectivity index (χ1v) is 12.5. The third-order valence-corrected chi connectivity index (χ3v) is 6.85. The molecule has 188 valence electrons. The van der Waals surface area contributed by atoms with E-state index in [2.05, 4.69) is 54.6 Å². The Morgan fingerprint density at radius 1 is 1.06 bits per heavy atom. The average Bonchev–Trinajstić information content (AvgIpc) is 3.55. The molecule has 1 fully saturated rings. The number of nitrogens with one attached hydrogen (secondary N) is 2.